The SMILES string of the molecule is CCCS(=O)(=O)N1CCCCC1C(=O)N1CCN(c2ccccc2F)CC1. The summed E-state index contributed by atoms with van der Waals surface area (Å²) in [5.74, 6) is -0.290. The highest BCUT2D eigenvalue weighted by atomic mass is 32.2. The number of hydrogen-bond donors (Lipinski definition) is 0. The van der Waals surface area contributed by atoms with Crippen molar-refractivity contribution in [2.75, 3.05) is 43.4 Å². The molecule has 1 unspecified atom stereocenters. The average Bonchev–Trinajstić information content (AvgIpc) is 2.68. The second kappa shape index (κ2) is 8.56. The summed E-state index contributed by atoms with van der Waals surface area (Å²) in [7, 11) is -3.40. The molecule has 6 nitrogen and oxygen atoms in total. The molecule has 27 heavy (non-hydrogen) atoms. The summed E-state index contributed by atoms with van der Waals surface area (Å²) >= 11 is 0. The Morgan fingerprint density at radius 3 is 2.48 bits per heavy atom. The minimum Gasteiger partial charge on any atom is -0.366 e. The molecule has 0 spiro atoms. The third-order valence-electron chi connectivity index (χ3n) is 5.34. The van der Waals surface area contributed by atoms with Gasteiger partial charge in [-0.2, -0.15) is 4.31 Å². The van der Waals surface area contributed by atoms with Crippen LogP contribution in [0.1, 0.15) is 32.6 Å². The molecule has 0 aromatic heterocycles. The number of amides is 1. The first kappa shape index (κ1) is 20.1. The van der Waals surface area contributed by atoms with Gasteiger partial charge in [0.1, 0.15) is 11.9 Å². The number of halogens is 1. The molecule has 8 heteroatoms. The number of piperazine rings is 1. The molecule has 0 N–H and O–H groups in total. The summed E-state index contributed by atoms with van der Waals surface area (Å²) in [5.41, 5.74) is 0.550. The zero-order valence-corrected chi connectivity index (χ0v) is 16.6. The number of carbonyl (C=O) groups is 1. The Morgan fingerprint density at radius 2 is 1.81 bits per heavy atom. The van der Waals surface area contributed by atoms with Crippen molar-refractivity contribution in [1.29, 1.82) is 0 Å². The van der Waals surface area contributed by atoms with E-state index < -0.39 is 16.1 Å². The summed E-state index contributed by atoms with van der Waals surface area (Å²) in [6, 6.07) is 6.05. The van der Waals surface area contributed by atoms with Gasteiger partial charge >= 0.3 is 0 Å². The lowest BCUT2D eigenvalue weighted by atomic mass is 10.0. The minimum absolute atomic E-state index is 0.0812. The van der Waals surface area contributed by atoms with E-state index in [1.165, 1.54) is 10.4 Å². The highest BCUT2D eigenvalue weighted by Crippen LogP contribution is 2.25. The van der Waals surface area contributed by atoms with Gasteiger partial charge < -0.3 is 9.80 Å². The highest BCUT2D eigenvalue weighted by Gasteiger charge is 2.38. The van der Waals surface area contributed by atoms with E-state index in [0.29, 0.717) is 51.3 Å². The maximum atomic E-state index is 14.0. The zero-order chi connectivity index (χ0) is 19.4. The van der Waals surface area contributed by atoms with Gasteiger partial charge in [-0.05, 0) is 31.4 Å². The van der Waals surface area contributed by atoms with Crippen molar-refractivity contribution in [3.63, 3.8) is 0 Å². The number of sulfonamides is 1. The molecule has 2 heterocycles. The van der Waals surface area contributed by atoms with Crippen LogP contribution in [-0.4, -0.2) is 68.0 Å². The van der Waals surface area contributed by atoms with Crippen molar-refractivity contribution >= 4 is 21.6 Å². The Hall–Kier alpha value is -1.67. The van der Waals surface area contributed by atoms with Gasteiger partial charge in [0.2, 0.25) is 15.9 Å². The van der Waals surface area contributed by atoms with Gasteiger partial charge in [-0.25, -0.2) is 12.8 Å². The lowest BCUT2D eigenvalue weighted by Gasteiger charge is -2.40. The van der Waals surface area contributed by atoms with Gasteiger partial charge in [-0.1, -0.05) is 25.5 Å². The first-order valence-electron chi connectivity index (χ1n) is 9.72. The van der Waals surface area contributed by atoms with Crippen molar-refractivity contribution in [2.24, 2.45) is 0 Å². The number of nitrogens with zero attached hydrogens (tertiary/aromatic N) is 3. The maximum absolute atomic E-state index is 14.0. The molecule has 2 aliphatic rings. The van der Waals surface area contributed by atoms with Gasteiger partial charge in [0.15, 0.2) is 0 Å². The predicted octanol–water partition coefficient (Wildman–Crippen LogP) is 2.07. The number of hydrogen-bond acceptors (Lipinski definition) is 4. The number of para-hydroxylation sites is 1. The molecule has 1 atom stereocenters. The molecule has 0 aliphatic carbocycles. The molecule has 1 aromatic carbocycles. The van der Waals surface area contributed by atoms with Gasteiger partial charge in [0, 0.05) is 32.7 Å². The van der Waals surface area contributed by atoms with Gasteiger partial charge in [-0.15, -0.1) is 0 Å². The molecular formula is C19H28FN3O3S. The molecule has 150 valence electrons. The molecule has 1 aromatic rings. The van der Waals surface area contributed by atoms with Crippen molar-refractivity contribution in [1.82, 2.24) is 9.21 Å². The highest BCUT2D eigenvalue weighted by molar-refractivity contribution is 7.89. The standard InChI is InChI=1S/C19H28FN3O3S/c1-2-15-27(25,26)23-10-6-5-9-18(23)19(24)22-13-11-21(12-14-22)17-8-4-3-7-16(17)20/h3-4,7-8,18H,2,5-6,9-15H2,1H3. The Labute approximate surface area is 161 Å². The quantitative estimate of drug-likeness (QED) is 0.763. The largest absolute Gasteiger partial charge is 0.366 e. The lowest BCUT2D eigenvalue weighted by molar-refractivity contribution is -0.136. The minimum atomic E-state index is -3.40. The smallest absolute Gasteiger partial charge is 0.241 e. The van der Waals surface area contributed by atoms with Gasteiger partial charge in [0.05, 0.1) is 11.4 Å². The van der Waals surface area contributed by atoms with E-state index in [0.717, 1.165) is 12.8 Å². The number of benzene rings is 1. The first-order valence-corrected chi connectivity index (χ1v) is 11.3. The van der Waals surface area contributed by atoms with E-state index >= 15 is 0 Å². The van der Waals surface area contributed by atoms with Crippen molar-refractivity contribution in [3.05, 3.63) is 30.1 Å². The molecule has 1 amide bonds. The van der Waals surface area contributed by atoms with Crippen LogP contribution in [0, 0.1) is 5.82 Å². The summed E-state index contributed by atoms with van der Waals surface area (Å²) in [6.45, 7) is 4.30. The monoisotopic (exact) mass is 397 g/mol. The van der Waals surface area contributed by atoms with Crippen LogP contribution in [0.3, 0.4) is 0 Å². The fourth-order valence-corrected chi connectivity index (χ4v) is 5.69. The van der Waals surface area contributed by atoms with E-state index in [9.17, 15) is 17.6 Å². The van der Waals surface area contributed by atoms with E-state index in [1.807, 2.05) is 11.8 Å². The Kier molecular flexibility index (Phi) is 6.37. The first-order chi connectivity index (χ1) is 12.9. The molecule has 3 rings (SSSR count). The number of rotatable bonds is 5. The van der Waals surface area contributed by atoms with Crippen LogP contribution in [0.2, 0.25) is 0 Å². The third-order valence-corrected chi connectivity index (χ3v) is 7.42. The van der Waals surface area contributed by atoms with Gasteiger partial charge in [0.25, 0.3) is 0 Å². The summed E-state index contributed by atoms with van der Waals surface area (Å²) in [5, 5.41) is 0. The van der Waals surface area contributed by atoms with E-state index in [1.54, 1.807) is 23.1 Å². The van der Waals surface area contributed by atoms with Crippen molar-refractivity contribution < 1.29 is 17.6 Å². The maximum Gasteiger partial charge on any atom is 0.241 e. The topological polar surface area (TPSA) is 60.9 Å². The molecule has 0 saturated carbocycles. The summed E-state index contributed by atoms with van der Waals surface area (Å²) in [6.07, 6.45) is 2.79. The van der Waals surface area contributed by atoms with Crippen molar-refractivity contribution in [2.45, 2.75) is 38.6 Å². The summed E-state index contributed by atoms with van der Waals surface area (Å²) in [4.78, 5) is 16.7. The third kappa shape index (κ3) is 4.43. The molecule has 0 bridgehead atoms. The van der Waals surface area contributed by atoms with Crippen LogP contribution in [0.15, 0.2) is 24.3 Å². The number of anilines is 1. The van der Waals surface area contributed by atoms with Crippen LogP contribution in [0.4, 0.5) is 10.1 Å². The van der Waals surface area contributed by atoms with Crippen LogP contribution in [-0.2, 0) is 14.8 Å². The fourth-order valence-electron chi connectivity index (χ4n) is 3.95. The molecule has 0 radical (unpaired) electrons. The van der Waals surface area contributed by atoms with Crippen LogP contribution in [0.5, 0.6) is 0 Å². The van der Waals surface area contributed by atoms with E-state index in [4.69, 9.17) is 0 Å². The van der Waals surface area contributed by atoms with E-state index in [2.05, 4.69) is 0 Å². The van der Waals surface area contributed by atoms with Crippen LogP contribution < -0.4 is 4.90 Å². The number of piperidine rings is 1. The number of carbonyl (C=O) groups excluding carboxylic acids is 1. The lowest BCUT2D eigenvalue weighted by Crippen LogP contribution is -2.57. The molecule has 2 aliphatic heterocycles. The normalized spacial score (nSPS) is 22.1. The predicted molar refractivity (Wildman–Crippen MR) is 104 cm³/mol. The fraction of sp³-hybridized carbons (Fsp3) is 0.632. The van der Waals surface area contributed by atoms with Crippen LogP contribution in [0.25, 0.3) is 0 Å². The molecular weight excluding hydrogens is 369 g/mol. The Balaban J connectivity index is 1.66. The zero-order valence-electron chi connectivity index (χ0n) is 15.8. The molecule has 2 saturated heterocycles. The average molecular weight is 398 g/mol. The van der Waals surface area contributed by atoms with Crippen LogP contribution >= 0.6 is 0 Å². The van der Waals surface area contributed by atoms with Gasteiger partial charge in [-0.3, -0.25) is 4.79 Å². The van der Waals surface area contributed by atoms with E-state index in [-0.39, 0.29) is 17.5 Å². The second-order valence-corrected chi connectivity index (χ2v) is 9.24. The summed E-state index contributed by atoms with van der Waals surface area (Å²) < 4.78 is 40.5. The molecule has 2 fully saturated rings. The Morgan fingerprint density at radius 1 is 1.11 bits per heavy atom. The second-order valence-electron chi connectivity index (χ2n) is 7.20. The van der Waals surface area contributed by atoms with Crippen molar-refractivity contribution in [3.8, 4) is 0 Å². The Bertz CT molecular complexity index is 763.